The van der Waals surface area contributed by atoms with Crippen LogP contribution >= 0.6 is 0 Å². The molecule has 0 radical (unpaired) electrons. The number of fused-ring (bicyclic) bond motifs is 1. The highest BCUT2D eigenvalue weighted by Gasteiger charge is 2.33. The number of carbonyl (C=O) groups excluding carboxylic acids is 2. The zero-order chi connectivity index (χ0) is 23.7. The number of carbonyl (C=O) groups is 2. The van der Waals surface area contributed by atoms with Crippen LogP contribution in [0.3, 0.4) is 0 Å². The Bertz CT molecular complexity index is 1030. The van der Waals surface area contributed by atoms with Crippen LogP contribution in [0.2, 0.25) is 0 Å². The maximum absolute atomic E-state index is 12.2. The summed E-state index contributed by atoms with van der Waals surface area (Å²) in [6.07, 6.45) is -2.49. The van der Waals surface area contributed by atoms with Crippen LogP contribution in [0.1, 0.15) is 36.2 Å². The summed E-state index contributed by atoms with van der Waals surface area (Å²) in [6, 6.07) is 8.32. The summed E-state index contributed by atoms with van der Waals surface area (Å²) in [7, 11) is 2.59. The van der Waals surface area contributed by atoms with Crippen LogP contribution in [-0.4, -0.2) is 54.1 Å². The van der Waals surface area contributed by atoms with Crippen LogP contribution in [0.4, 0.5) is 0 Å². The van der Waals surface area contributed by atoms with E-state index in [0.29, 0.717) is 24.0 Å². The number of rotatable bonds is 8. The number of methoxy groups -OCH3 is 2. The van der Waals surface area contributed by atoms with E-state index in [1.807, 2.05) is 6.07 Å². The molecule has 0 spiro atoms. The van der Waals surface area contributed by atoms with E-state index in [-0.39, 0.29) is 29.6 Å². The predicted molar refractivity (Wildman–Crippen MR) is 112 cm³/mol. The first-order valence-electron chi connectivity index (χ1n) is 9.92. The SMILES string of the molecule is COC(=O)C(C)(C)COc1c(-c2cccc3c2CCC3=O)ccc(OC(O)(O)O)c1OC. The fourth-order valence-corrected chi connectivity index (χ4v) is 3.65. The predicted octanol–water partition coefficient (Wildman–Crippen LogP) is 2.04. The van der Waals surface area contributed by atoms with E-state index in [2.05, 4.69) is 0 Å². The lowest BCUT2D eigenvalue weighted by Crippen LogP contribution is -2.35. The van der Waals surface area contributed by atoms with E-state index in [1.54, 1.807) is 32.0 Å². The van der Waals surface area contributed by atoms with Gasteiger partial charge in [0.05, 0.1) is 19.6 Å². The van der Waals surface area contributed by atoms with E-state index < -0.39 is 17.5 Å². The molecule has 172 valence electrons. The molecule has 0 saturated carbocycles. The molecule has 0 fully saturated rings. The first kappa shape index (κ1) is 23.5. The van der Waals surface area contributed by atoms with Crippen molar-refractivity contribution in [1.82, 2.24) is 0 Å². The molecule has 2 aromatic rings. The Hall–Kier alpha value is -3.14. The largest absolute Gasteiger partial charge is 0.490 e. The van der Waals surface area contributed by atoms with Gasteiger partial charge in [0.25, 0.3) is 0 Å². The summed E-state index contributed by atoms with van der Waals surface area (Å²) in [6.45, 7) is 3.18. The number of ether oxygens (including phenoxy) is 4. The Balaban J connectivity index is 2.15. The second kappa shape index (κ2) is 8.78. The first-order chi connectivity index (χ1) is 15.0. The van der Waals surface area contributed by atoms with E-state index in [0.717, 1.165) is 11.1 Å². The fourth-order valence-electron chi connectivity index (χ4n) is 3.65. The normalized spacial score (nSPS) is 13.5. The van der Waals surface area contributed by atoms with E-state index >= 15 is 0 Å². The first-order valence-corrected chi connectivity index (χ1v) is 9.92. The highest BCUT2D eigenvalue weighted by Crippen LogP contribution is 2.47. The van der Waals surface area contributed by atoms with Gasteiger partial charge in [-0.15, -0.1) is 0 Å². The average molecular weight is 446 g/mol. The van der Waals surface area contributed by atoms with Crippen molar-refractivity contribution in [3.63, 3.8) is 0 Å². The van der Waals surface area contributed by atoms with Gasteiger partial charge in [0.1, 0.15) is 6.61 Å². The molecule has 9 heteroatoms. The zero-order valence-corrected chi connectivity index (χ0v) is 18.3. The number of hydrogen-bond donors (Lipinski definition) is 3. The molecule has 0 aliphatic heterocycles. The van der Waals surface area contributed by atoms with Gasteiger partial charge in [-0.2, -0.15) is 0 Å². The number of benzene rings is 2. The molecule has 3 rings (SSSR count). The standard InChI is InChI=1S/C23H26O9/c1-22(2,21(25)30-4)12-31-19-16(9-11-18(20(19)29-3)32-23(26,27)28)13-6-5-7-15-14(13)8-10-17(15)24/h5-7,9,11,26-28H,8,10,12H2,1-4H3. The Labute approximate surface area is 185 Å². The lowest BCUT2D eigenvalue weighted by atomic mass is 9.94. The number of ketones is 1. The molecule has 0 atom stereocenters. The summed E-state index contributed by atoms with van der Waals surface area (Å²) >= 11 is 0. The van der Waals surface area contributed by atoms with Gasteiger partial charge in [0, 0.05) is 17.5 Å². The number of hydrogen-bond acceptors (Lipinski definition) is 9. The second-order valence-electron chi connectivity index (χ2n) is 8.07. The minimum atomic E-state index is -3.45. The zero-order valence-electron chi connectivity index (χ0n) is 18.3. The van der Waals surface area contributed by atoms with Crippen LogP contribution in [0.5, 0.6) is 17.2 Å². The van der Waals surface area contributed by atoms with Crippen LogP contribution in [0.25, 0.3) is 11.1 Å². The van der Waals surface area contributed by atoms with Crippen LogP contribution in [0, 0.1) is 5.41 Å². The quantitative estimate of drug-likeness (QED) is 0.412. The Morgan fingerprint density at radius 2 is 1.66 bits per heavy atom. The minimum Gasteiger partial charge on any atom is -0.490 e. The number of aliphatic hydroxyl groups is 3. The van der Waals surface area contributed by atoms with Crippen molar-refractivity contribution in [2.45, 2.75) is 32.8 Å². The summed E-state index contributed by atoms with van der Waals surface area (Å²) in [5.74, 6) is -0.547. The monoisotopic (exact) mass is 446 g/mol. The van der Waals surface area contributed by atoms with E-state index in [1.165, 1.54) is 20.3 Å². The Kier molecular flexibility index (Phi) is 6.45. The van der Waals surface area contributed by atoms with Crippen molar-refractivity contribution >= 4 is 11.8 Å². The summed E-state index contributed by atoms with van der Waals surface area (Å²) < 4.78 is 21.0. The van der Waals surface area contributed by atoms with Gasteiger partial charge in [-0.3, -0.25) is 9.59 Å². The number of esters is 1. The highest BCUT2D eigenvalue weighted by molar-refractivity contribution is 6.02. The topological polar surface area (TPSA) is 132 Å². The van der Waals surface area contributed by atoms with E-state index in [4.69, 9.17) is 18.9 Å². The third-order valence-corrected chi connectivity index (χ3v) is 5.21. The fraction of sp³-hybridized carbons (Fsp3) is 0.391. The maximum Gasteiger partial charge on any atom is 0.453 e. The molecule has 0 amide bonds. The lowest BCUT2D eigenvalue weighted by molar-refractivity contribution is -0.419. The third kappa shape index (κ3) is 4.69. The third-order valence-electron chi connectivity index (χ3n) is 5.21. The molecule has 32 heavy (non-hydrogen) atoms. The highest BCUT2D eigenvalue weighted by atomic mass is 16.9. The second-order valence-corrected chi connectivity index (χ2v) is 8.07. The Morgan fingerprint density at radius 1 is 0.969 bits per heavy atom. The Morgan fingerprint density at radius 3 is 2.28 bits per heavy atom. The van der Waals surface area contributed by atoms with E-state index in [9.17, 15) is 24.9 Å². The van der Waals surface area contributed by atoms with Crippen molar-refractivity contribution < 1.29 is 43.9 Å². The molecule has 0 bridgehead atoms. The summed E-state index contributed by atoms with van der Waals surface area (Å²) in [5.41, 5.74) is 1.74. The minimum absolute atomic E-state index is 0.0355. The molecule has 2 aromatic carbocycles. The average Bonchev–Trinajstić information content (AvgIpc) is 3.11. The van der Waals surface area contributed by atoms with Gasteiger partial charge in [-0.05, 0) is 43.5 Å². The summed E-state index contributed by atoms with van der Waals surface area (Å²) in [5, 5.41) is 27.8. The molecule has 9 nitrogen and oxygen atoms in total. The summed E-state index contributed by atoms with van der Waals surface area (Å²) in [4.78, 5) is 24.3. The molecule has 1 aliphatic rings. The molecular formula is C23H26O9. The molecule has 0 unspecified atom stereocenters. The van der Waals surface area contributed by atoms with Gasteiger partial charge >= 0.3 is 12.1 Å². The van der Waals surface area contributed by atoms with Crippen molar-refractivity contribution in [3.8, 4) is 28.4 Å². The maximum atomic E-state index is 12.2. The van der Waals surface area contributed by atoms with Gasteiger partial charge in [0.2, 0.25) is 5.75 Å². The van der Waals surface area contributed by atoms with Gasteiger partial charge < -0.3 is 34.3 Å². The molecular weight excluding hydrogens is 420 g/mol. The van der Waals surface area contributed by atoms with Gasteiger partial charge in [0.15, 0.2) is 17.3 Å². The van der Waals surface area contributed by atoms with Crippen LogP contribution in [0.15, 0.2) is 30.3 Å². The lowest BCUT2D eigenvalue weighted by Gasteiger charge is -2.25. The van der Waals surface area contributed by atoms with Gasteiger partial charge in [-0.25, -0.2) is 0 Å². The smallest absolute Gasteiger partial charge is 0.453 e. The molecule has 0 heterocycles. The van der Waals surface area contributed by atoms with Crippen molar-refractivity contribution in [2.75, 3.05) is 20.8 Å². The molecule has 3 N–H and O–H groups in total. The van der Waals surface area contributed by atoms with Gasteiger partial charge in [-0.1, -0.05) is 18.2 Å². The van der Waals surface area contributed by atoms with Crippen LogP contribution < -0.4 is 14.2 Å². The molecule has 1 aliphatic carbocycles. The number of Topliss-reactive ketones (excluding diaryl/α,β-unsaturated/α-hetero) is 1. The molecule has 0 saturated heterocycles. The van der Waals surface area contributed by atoms with Crippen molar-refractivity contribution in [2.24, 2.45) is 5.41 Å². The molecule has 0 aromatic heterocycles. The van der Waals surface area contributed by atoms with Crippen LogP contribution in [-0.2, 0) is 16.0 Å². The van der Waals surface area contributed by atoms with Crippen molar-refractivity contribution in [3.05, 3.63) is 41.5 Å². The van der Waals surface area contributed by atoms with Crippen molar-refractivity contribution in [1.29, 1.82) is 0 Å².